The van der Waals surface area contributed by atoms with Crippen LogP contribution in [0.3, 0.4) is 0 Å². The van der Waals surface area contributed by atoms with E-state index in [-0.39, 0.29) is 5.75 Å². The lowest BCUT2D eigenvalue weighted by atomic mass is 10.0. The molecule has 0 fully saturated rings. The molecule has 1 radical (unpaired) electrons. The molecule has 0 aliphatic rings. The van der Waals surface area contributed by atoms with Gasteiger partial charge in [-0.3, -0.25) is 4.72 Å². The molecule has 0 heterocycles. The Morgan fingerprint density at radius 3 is 1.62 bits per heavy atom. The van der Waals surface area contributed by atoms with Crippen LogP contribution < -0.4 is 4.72 Å². The Hall–Kier alpha value is -0.740. The van der Waals surface area contributed by atoms with E-state index in [2.05, 4.69) is 17.7 Å². The minimum absolute atomic E-state index is 0.175. The third-order valence-electron chi connectivity index (χ3n) is 5.31. The molecular formula is C24H41ClNO2S. The lowest BCUT2D eigenvalue weighted by molar-refractivity contribution is 0.531. The van der Waals surface area contributed by atoms with E-state index in [1.807, 2.05) is 0 Å². The maximum Gasteiger partial charge on any atom is 0.232 e. The number of sulfonamides is 1. The predicted molar refractivity (Wildman–Crippen MR) is 127 cm³/mol. The van der Waals surface area contributed by atoms with Gasteiger partial charge < -0.3 is 0 Å². The van der Waals surface area contributed by atoms with Crippen LogP contribution in [0.4, 0.5) is 5.69 Å². The highest BCUT2D eigenvalue weighted by molar-refractivity contribution is 7.92. The van der Waals surface area contributed by atoms with Gasteiger partial charge in [-0.1, -0.05) is 115 Å². The average molecular weight is 443 g/mol. The molecule has 0 spiro atoms. The molecule has 0 saturated heterocycles. The van der Waals surface area contributed by atoms with Crippen molar-refractivity contribution in [3.8, 4) is 0 Å². The van der Waals surface area contributed by atoms with Gasteiger partial charge in [0, 0.05) is 16.8 Å². The summed E-state index contributed by atoms with van der Waals surface area (Å²) in [7, 11) is -3.28. The Morgan fingerprint density at radius 2 is 1.21 bits per heavy atom. The number of nitrogens with one attached hydrogen (secondary N) is 1. The van der Waals surface area contributed by atoms with E-state index in [1.165, 1.54) is 83.5 Å². The second-order valence-electron chi connectivity index (χ2n) is 8.15. The van der Waals surface area contributed by atoms with E-state index < -0.39 is 10.0 Å². The van der Waals surface area contributed by atoms with Crippen LogP contribution in [0, 0.1) is 6.07 Å². The lowest BCUT2D eigenvalue weighted by Crippen LogP contribution is -2.16. The maximum absolute atomic E-state index is 12.1. The Bertz CT molecular complexity index is 602. The Labute approximate surface area is 185 Å². The number of benzene rings is 1. The van der Waals surface area contributed by atoms with Gasteiger partial charge in [0.05, 0.1) is 5.75 Å². The standard InChI is InChI=1S/C24H41ClNO2S/c1-2-3-4-5-6-7-8-9-10-11-12-13-14-15-16-17-22-29(27,28)26-24-20-18-23(25)19-21-24/h18,20-21,26H,2-17,22H2,1H3. The zero-order valence-electron chi connectivity index (χ0n) is 18.4. The molecule has 0 aliphatic heterocycles. The highest BCUT2D eigenvalue weighted by Crippen LogP contribution is 2.16. The van der Waals surface area contributed by atoms with Gasteiger partial charge in [0.2, 0.25) is 10.0 Å². The molecule has 0 saturated carbocycles. The summed E-state index contributed by atoms with van der Waals surface area (Å²) < 4.78 is 26.7. The quantitative estimate of drug-likeness (QED) is 0.220. The normalized spacial score (nSPS) is 11.7. The lowest BCUT2D eigenvalue weighted by Gasteiger charge is -2.08. The number of halogens is 1. The molecule has 29 heavy (non-hydrogen) atoms. The van der Waals surface area contributed by atoms with Gasteiger partial charge in [-0.2, -0.15) is 0 Å². The van der Waals surface area contributed by atoms with Gasteiger partial charge in [-0.05, 0) is 24.6 Å². The Morgan fingerprint density at radius 1 is 0.759 bits per heavy atom. The van der Waals surface area contributed by atoms with Crippen molar-refractivity contribution in [2.24, 2.45) is 0 Å². The van der Waals surface area contributed by atoms with Crippen LogP contribution in [0.2, 0.25) is 5.02 Å². The predicted octanol–water partition coefficient (Wildman–Crippen LogP) is 8.14. The molecule has 167 valence electrons. The summed E-state index contributed by atoms with van der Waals surface area (Å²) in [6.07, 6.45) is 20.6. The molecule has 0 bridgehead atoms. The van der Waals surface area contributed by atoms with Crippen molar-refractivity contribution in [2.75, 3.05) is 10.5 Å². The summed E-state index contributed by atoms with van der Waals surface area (Å²) in [4.78, 5) is 0. The largest absolute Gasteiger partial charge is 0.284 e. The minimum atomic E-state index is -3.28. The fourth-order valence-corrected chi connectivity index (χ4v) is 4.83. The van der Waals surface area contributed by atoms with Crippen LogP contribution in [-0.4, -0.2) is 14.2 Å². The zero-order chi connectivity index (χ0) is 21.2. The first-order chi connectivity index (χ1) is 14.0. The third-order valence-corrected chi connectivity index (χ3v) is 6.92. The molecule has 5 heteroatoms. The molecule has 1 N–H and O–H groups in total. The summed E-state index contributed by atoms with van der Waals surface area (Å²) in [6.45, 7) is 2.27. The van der Waals surface area contributed by atoms with E-state index in [9.17, 15) is 8.42 Å². The molecule has 0 unspecified atom stereocenters. The third kappa shape index (κ3) is 15.7. The summed E-state index contributed by atoms with van der Waals surface area (Å²) in [5.74, 6) is 0.175. The first-order valence-electron chi connectivity index (χ1n) is 11.7. The van der Waals surface area contributed by atoms with E-state index in [0.29, 0.717) is 17.1 Å². The Kier molecular flexibility index (Phi) is 15.4. The van der Waals surface area contributed by atoms with Crippen molar-refractivity contribution < 1.29 is 8.42 Å². The fraction of sp³-hybridized carbons (Fsp3) is 0.750. The van der Waals surface area contributed by atoms with Crippen LogP contribution in [-0.2, 0) is 10.0 Å². The molecule has 1 aromatic carbocycles. The molecular weight excluding hydrogens is 402 g/mol. The summed E-state index contributed by atoms with van der Waals surface area (Å²) >= 11 is 5.76. The van der Waals surface area contributed by atoms with Crippen LogP contribution in [0.5, 0.6) is 0 Å². The van der Waals surface area contributed by atoms with Crippen LogP contribution in [0.15, 0.2) is 18.2 Å². The van der Waals surface area contributed by atoms with Gasteiger partial charge in [-0.25, -0.2) is 8.42 Å². The smallest absolute Gasteiger partial charge is 0.232 e. The van der Waals surface area contributed by atoms with E-state index in [0.717, 1.165) is 12.8 Å². The van der Waals surface area contributed by atoms with Crippen molar-refractivity contribution >= 4 is 27.3 Å². The summed E-state index contributed by atoms with van der Waals surface area (Å²) in [6, 6.07) is 7.64. The second-order valence-corrected chi connectivity index (χ2v) is 10.4. The fourth-order valence-electron chi connectivity index (χ4n) is 3.54. The van der Waals surface area contributed by atoms with E-state index in [4.69, 9.17) is 11.6 Å². The summed E-state index contributed by atoms with van der Waals surface area (Å²) in [5, 5.41) is 0.478. The van der Waals surface area contributed by atoms with Crippen molar-refractivity contribution in [1.29, 1.82) is 0 Å². The minimum Gasteiger partial charge on any atom is -0.284 e. The Balaban J connectivity index is 1.87. The van der Waals surface area contributed by atoms with Crippen LogP contribution in [0.1, 0.15) is 110 Å². The number of unbranched alkanes of at least 4 members (excludes halogenated alkanes) is 15. The van der Waals surface area contributed by atoms with Crippen molar-refractivity contribution in [3.05, 3.63) is 29.3 Å². The number of rotatable bonds is 19. The van der Waals surface area contributed by atoms with Crippen LogP contribution >= 0.6 is 11.6 Å². The molecule has 1 rings (SSSR count). The average Bonchev–Trinajstić information content (AvgIpc) is 2.69. The second kappa shape index (κ2) is 17.0. The van der Waals surface area contributed by atoms with Gasteiger partial charge in [0.25, 0.3) is 0 Å². The first kappa shape index (κ1) is 26.3. The monoisotopic (exact) mass is 442 g/mol. The highest BCUT2D eigenvalue weighted by Gasteiger charge is 2.09. The van der Waals surface area contributed by atoms with Gasteiger partial charge in [0.1, 0.15) is 0 Å². The number of anilines is 1. The van der Waals surface area contributed by atoms with E-state index in [1.54, 1.807) is 18.2 Å². The van der Waals surface area contributed by atoms with Gasteiger partial charge in [0.15, 0.2) is 0 Å². The van der Waals surface area contributed by atoms with Crippen molar-refractivity contribution in [1.82, 2.24) is 0 Å². The SMILES string of the molecule is CCCCCCCCCCCCCCCCCCS(=O)(=O)Nc1c[c]c(Cl)cc1. The van der Waals surface area contributed by atoms with Gasteiger partial charge in [-0.15, -0.1) is 0 Å². The summed E-state index contributed by atoms with van der Waals surface area (Å²) in [5.41, 5.74) is 0.519. The molecule has 1 aromatic rings. The highest BCUT2D eigenvalue weighted by atomic mass is 35.5. The number of hydrogen-bond acceptors (Lipinski definition) is 2. The molecule has 0 aliphatic carbocycles. The molecule has 0 atom stereocenters. The van der Waals surface area contributed by atoms with Crippen molar-refractivity contribution in [3.63, 3.8) is 0 Å². The van der Waals surface area contributed by atoms with Gasteiger partial charge >= 0.3 is 0 Å². The maximum atomic E-state index is 12.1. The molecule has 3 nitrogen and oxygen atoms in total. The zero-order valence-corrected chi connectivity index (χ0v) is 19.9. The van der Waals surface area contributed by atoms with Crippen molar-refractivity contribution in [2.45, 2.75) is 110 Å². The topological polar surface area (TPSA) is 46.2 Å². The molecule has 0 aromatic heterocycles. The first-order valence-corrected chi connectivity index (χ1v) is 13.7. The van der Waals surface area contributed by atoms with E-state index >= 15 is 0 Å². The number of hydrogen-bond donors (Lipinski definition) is 1. The molecule has 0 amide bonds. The van der Waals surface area contributed by atoms with Crippen LogP contribution in [0.25, 0.3) is 0 Å².